The maximum Gasteiger partial charge on any atom is 0.121 e. The fourth-order valence-electron chi connectivity index (χ4n) is 3.41. The minimum Gasteiger partial charge on any atom is -0.370 e. The maximum absolute atomic E-state index is 4.71. The number of anilines is 1. The number of aromatic amines is 1. The molecule has 5 heteroatoms. The summed E-state index contributed by atoms with van der Waals surface area (Å²) in [4.78, 5) is 17.4. The third-order valence-corrected chi connectivity index (χ3v) is 4.65. The molecule has 0 saturated carbocycles. The van der Waals surface area contributed by atoms with Gasteiger partial charge in [-0.1, -0.05) is 12.1 Å². The Bertz CT molecular complexity index is 792. The van der Waals surface area contributed by atoms with Gasteiger partial charge in [0.1, 0.15) is 5.82 Å². The summed E-state index contributed by atoms with van der Waals surface area (Å²) in [5, 5.41) is 0. The van der Waals surface area contributed by atoms with E-state index < -0.39 is 0 Å². The van der Waals surface area contributed by atoms with Crippen molar-refractivity contribution in [3.05, 3.63) is 54.1 Å². The average Bonchev–Trinajstić information content (AvgIpc) is 2.85. The van der Waals surface area contributed by atoms with Crippen LogP contribution in [0, 0.1) is 6.92 Å². The van der Waals surface area contributed by atoms with Gasteiger partial charge in [-0.2, -0.15) is 0 Å². The highest BCUT2D eigenvalue weighted by atomic mass is 15.2. The number of para-hydroxylation sites is 2. The van der Waals surface area contributed by atoms with Crippen molar-refractivity contribution in [3.63, 3.8) is 0 Å². The first-order valence-corrected chi connectivity index (χ1v) is 8.61. The smallest absolute Gasteiger partial charge is 0.121 e. The third-order valence-electron chi connectivity index (χ3n) is 4.65. The van der Waals surface area contributed by atoms with Gasteiger partial charge in [0.2, 0.25) is 0 Å². The van der Waals surface area contributed by atoms with Crippen molar-refractivity contribution in [2.75, 3.05) is 31.1 Å². The van der Waals surface area contributed by atoms with Crippen LogP contribution in [-0.4, -0.2) is 46.0 Å². The quantitative estimate of drug-likeness (QED) is 0.806. The molecule has 0 atom stereocenters. The Labute approximate surface area is 142 Å². The molecule has 0 amide bonds. The zero-order chi connectivity index (χ0) is 16.4. The van der Waals surface area contributed by atoms with E-state index in [-0.39, 0.29) is 0 Å². The van der Waals surface area contributed by atoms with Gasteiger partial charge < -0.3 is 9.88 Å². The van der Waals surface area contributed by atoms with E-state index in [1.165, 1.54) is 12.1 Å². The number of aryl methyl sites for hydroxylation is 1. The molecule has 0 unspecified atom stereocenters. The summed E-state index contributed by atoms with van der Waals surface area (Å²) >= 11 is 0. The number of benzene rings is 1. The lowest BCUT2D eigenvalue weighted by molar-refractivity contribution is 0.279. The van der Waals surface area contributed by atoms with E-state index in [9.17, 15) is 0 Å². The molecule has 3 heterocycles. The molecule has 1 saturated heterocycles. The second kappa shape index (κ2) is 6.61. The Balaban J connectivity index is 1.43. The Morgan fingerprint density at radius 3 is 2.88 bits per heavy atom. The zero-order valence-corrected chi connectivity index (χ0v) is 14.1. The van der Waals surface area contributed by atoms with Crippen LogP contribution in [0.15, 0.2) is 42.6 Å². The second-order valence-corrected chi connectivity index (χ2v) is 6.47. The first-order valence-electron chi connectivity index (χ1n) is 8.61. The Kier molecular flexibility index (Phi) is 4.17. The lowest BCUT2D eigenvalue weighted by Crippen LogP contribution is -2.30. The highest BCUT2D eigenvalue weighted by Crippen LogP contribution is 2.18. The SMILES string of the molecule is Cc1cc(N2CCCN(Cc3nc4ccccc4[nH]3)CC2)ccn1. The molecular formula is C19H23N5. The van der Waals surface area contributed by atoms with Crippen molar-refractivity contribution in [2.24, 2.45) is 0 Å². The molecule has 5 nitrogen and oxygen atoms in total. The highest BCUT2D eigenvalue weighted by Gasteiger charge is 2.16. The molecule has 0 bridgehead atoms. The van der Waals surface area contributed by atoms with Gasteiger partial charge in [0.25, 0.3) is 0 Å². The molecule has 1 aliphatic rings. The molecule has 3 aromatic rings. The van der Waals surface area contributed by atoms with Crippen LogP contribution in [0.4, 0.5) is 5.69 Å². The summed E-state index contributed by atoms with van der Waals surface area (Å²) in [6.07, 6.45) is 3.07. The Morgan fingerprint density at radius 2 is 2.00 bits per heavy atom. The first-order chi connectivity index (χ1) is 11.8. The Morgan fingerprint density at radius 1 is 1.08 bits per heavy atom. The van der Waals surface area contributed by atoms with Crippen molar-refractivity contribution in [1.82, 2.24) is 19.9 Å². The van der Waals surface area contributed by atoms with Gasteiger partial charge in [-0.05, 0) is 37.6 Å². The predicted octanol–water partition coefficient (Wildman–Crippen LogP) is 2.98. The number of nitrogens with zero attached hydrogens (tertiary/aromatic N) is 4. The fourth-order valence-corrected chi connectivity index (χ4v) is 3.41. The summed E-state index contributed by atoms with van der Waals surface area (Å²) in [6, 6.07) is 12.5. The van der Waals surface area contributed by atoms with E-state index in [1.807, 2.05) is 18.3 Å². The van der Waals surface area contributed by atoms with Gasteiger partial charge >= 0.3 is 0 Å². The molecule has 1 aromatic carbocycles. The lowest BCUT2D eigenvalue weighted by Gasteiger charge is -2.23. The maximum atomic E-state index is 4.71. The van der Waals surface area contributed by atoms with Crippen LogP contribution < -0.4 is 4.90 Å². The number of hydrogen-bond acceptors (Lipinski definition) is 4. The summed E-state index contributed by atoms with van der Waals surface area (Å²) in [5.74, 6) is 1.06. The van der Waals surface area contributed by atoms with E-state index >= 15 is 0 Å². The second-order valence-electron chi connectivity index (χ2n) is 6.47. The minimum atomic E-state index is 0.887. The number of rotatable bonds is 3. The van der Waals surface area contributed by atoms with Crippen molar-refractivity contribution in [2.45, 2.75) is 19.9 Å². The van der Waals surface area contributed by atoms with Gasteiger partial charge in [0, 0.05) is 43.8 Å². The normalized spacial score (nSPS) is 16.5. The molecule has 2 aromatic heterocycles. The monoisotopic (exact) mass is 321 g/mol. The Hall–Kier alpha value is -2.40. The summed E-state index contributed by atoms with van der Waals surface area (Å²) in [5.41, 5.74) is 4.54. The highest BCUT2D eigenvalue weighted by molar-refractivity contribution is 5.74. The number of H-pyrrole nitrogens is 1. The van der Waals surface area contributed by atoms with Crippen molar-refractivity contribution < 1.29 is 0 Å². The third kappa shape index (κ3) is 3.26. The average molecular weight is 321 g/mol. The summed E-state index contributed by atoms with van der Waals surface area (Å²) in [6.45, 7) is 7.24. The van der Waals surface area contributed by atoms with E-state index in [2.05, 4.69) is 51.0 Å². The van der Waals surface area contributed by atoms with Crippen molar-refractivity contribution in [1.29, 1.82) is 0 Å². The van der Waals surface area contributed by atoms with Gasteiger partial charge in [0.05, 0.1) is 17.6 Å². The van der Waals surface area contributed by atoms with Crippen LogP contribution >= 0.6 is 0 Å². The molecule has 4 rings (SSSR count). The molecule has 1 fully saturated rings. The van der Waals surface area contributed by atoms with E-state index in [0.717, 1.165) is 55.3 Å². The fraction of sp³-hybridized carbons (Fsp3) is 0.368. The van der Waals surface area contributed by atoms with Gasteiger partial charge in [-0.3, -0.25) is 9.88 Å². The van der Waals surface area contributed by atoms with Crippen LogP contribution in [-0.2, 0) is 6.54 Å². The van der Waals surface area contributed by atoms with E-state index in [0.29, 0.717) is 0 Å². The lowest BCUT2D eigenvalue weighted by atomic mass is 10.3. The molecule has 1 N–H and O–H groups in total. The molecule has 24 heavy (non-hydrogen) atoms. The molecule has 0 aliphatic carbocycles. The first kappa shape index (κ1) is 15.1. The zero-order valence-electron chi connectivity index (χ0n) is 14.1. The number of imidazole rings is 1. The number of fused-ring (bicyclic) bond motifs is 1. The van der Waals surface area contributed by atoms with Crippen LogP contribution in [0.3, 0.4) is 0 Å². The summed E-state index contributed by atoms with van der Waals surface area (Å²) < 4.78 is 0. The molecule has 124 valence electrons. The minimum absolute atomic E-state index is 0.887. The summed E-state index contributed by atoms with van der Waals surface area (Å²) in [7, 11) is 0. The van der Waals surface area contributed by atoms with Crippen LogP contribution in [0.2, 0.25) is 0 Å². The standard InChI is InChI=1S/C19H23N5/c1-15-13-16(7-8-20-15)24-10-4-9-23(11-12-24)14-19-21-17-5-2-3-6-18(17)22-19/h2-3,5-8,13H,4,9-12,14H2,1H3,(H,21,22). The number of nitrogens with one attached hydrogen (secondary N) is 1. The molecule has 0 radical (unpaired) electrons. The topological polar surface area (TPSA) is 48.0 Å². The van der Waals surface area contributed by atoms with Crippen molar-refractivity contribution in [3.8, 4) is 0 Å². The largest absolute Gasteiger partial charge is 0.370 e. The van der Waals surface area contributed by atoms with Gasteiger partial charge in [-0.25, -0.2) is 4.98 Å². The molecule has 0 spiro atoms. The van der Waals surface area contributed by atoms with Crippen LogP contribution in [0.5, 0.6) is 0 Å². The number of aromatic nitrogens is 3. The predicted molar refractivity (Wildman–Crippen MR) is 97.2 cm³/mol. The molecular weight excluding hydrogens is 298 g/mol. The van der Waals surface area contributed by atoms with Crippen LogP contribution in [0.25, 0.3) is 11.0 Å². The van der Waals surface area contributed by atoms with E-state index in [4.69, 9.17) is 4.98 Å². The number of hydrogen-bond donors (Lipinski definition) is 1. The van der Waals surface area contributed by atoms with Gasteiger partial charge in [0.15, 0.2) is 0 Å². The number of pyridine rings is 1. The molecule has 1 aliphatic heterocycles. The van der Waals surface area contributed by atoms with Crippen molar-refractivity contribution >= 4 is 16.7 Å². The van der Waals surface area contributed by atoms with E-state index in [1.54, 1.807) is 0 Å². The van der Waals surface area contributed by atoms with Crippen LogP contribution in [0.1, 0.15) is 17.9 Å². The van der Waals surface area contributed by atoms with Gasteiger partial charge in [-0.15, -0.1) is 0 Å².